The van der Waals surface area contributed by atoms with Gasteiger partial charge in [-0.3, -0.25) is 4.90 Å². The summed E-state index contributed by atoms with van der Waals surface area (Å²) in [6, 6.07) is 17.6. The van der Waals surface area contributed by atoms with Crippen molar-refractivity contribution in [2.75, 3.05) is 13.1 Å². The van der Waals surface area contributed by atoms with Crippen LogP contribution >= 0.6 is 0 Å². The molecular formula is C28H32F2N2O5S. The van der Waals surface area contributed by atoms with Crippen LogP contribution in [0.15, 0.2) is 83.8 Å². The zero-order chi connectivity index (χ0) is 27.9. The van der Waals surface area contributed by atoms with Crippen LogP contribution in [0.25, 0.3) is 0 Å². The molecule has 0 radical (unpaired) electrons. The smallest absolute Gasteiger partial charge is 0.407 e. The third-order valence-corrected chi connectivity index (χ3v) is 7.90. The van der Waals surface area contributed by atoms with Gasteiger partial charge in [-0.2, -0.15) is 4.31 Å². The minimum atomic E-state index is -4.13. The minimum absolute atomic E-state index is 0.0205. The van der Waals surface area contributed by atoms with Crippen molar-refractivity contribution in [2.24, 2.45) is 5.92 Å². The fourth-order valence-electron chi connectivity index (χ4n) is 4.19. The third kappa shape index (κ3) is 7.83. The van der Waals surface area contributed by atoms with E-state index in [1.165, 1.54) is 24.3 Å². The van der Waals surface area contributed by atoms with E-state index in [1.807, 2.05) is 13.8 Å². The molecule has 3 aromatic rings. The second kappa shape index (κ2) is 12.9. The van der Waals surface area contributed by atoms with E-state index in [2.05, 4.69) is 0 Å². The highest BCUT2D eigenvalue weighted by Gasteiger charge is 2.35. The monoisotopic (exact) mass is 546 g/mol. The summed E-state index contributed by atoms with van der Waals surface area (Å²) in [4.78, 5) is 13.3. The molecule has 0 aliphatic carbocycles. The topological polar surface area (TPSA) is 98.2 Å². The summed E-state index contributed by atoms with van der Waals surface area (Å²) >= 11 is 0. The maximum atomic E-state index is 13.5. The van der Waals surface area contributed by atoms with Crippen molar-refractivity contribution >= 4 is 16.1 Å². The zero-order valence-electron chi connectivity index (χ0n) is 21.2. The van der Waals surface area contributed by atoms with Crippen molar-refractivity contribution in [1.82, 2.24) is 9.21 Å². The normalized spacial score (nSPS) is 13.4. The Balaban J connectivity index is 1.97. The molecule has 1 unspecified atom stereocenters. The number of rotatable bonds is 12. The summed E-state index contributed by atoms with van der Waals surface area (Å²) in [5.74, 6) is -1.16. The zero-order valence-corrected chi connectivity index (χ0v) is 22.1. The standard InChI is InChI=1S/C28H32F2N2O5S/c1-20(2)17-31(38(36,37)25-14-12-24(30)13-15-25)19-27(33)26(16-21-8-10-23(29)11-9-21)32(28(34)35)18-22-6-4-3-5-7-22/h3-15,20,26-27,33H,16-19H2,1-2H3,(H,34,35)/t26?,27-/m1/s1. The SMILES string of the molecule is CC(C)CN(C[C@@H](O)C(Cc1ccc(F)cc1)N(Cc1ccccc1)C(=O)O)S(=O)(=O)c1ccc(F)cc1. The predicted molar refractivity (Wildman–Crippen MR) is 140 cm³/mol. The molecule has 0 saturated heterocycles. The first-order valence-corrected chi connectivity index (χ1v) is 13.6. The molecule has 0 heterocycles. The van der Waals surface area contributed by atoms with Crippen molar-refractivity contribution in [3.63, 3.8) is 0 Å². The number of carboxylic acid groups (broad SMARTS) is 1. The van der Waals surface area contributed by atoms with E-state index in [0.717, 1.165) is 33.5 Å². The molecule has 204 valence electrons. The van der Waals surface area contributed by atoms with E-state index < -0.39 is 46.4 Å². The first-order valence-electron chi connectivity index (χ1n) is 12.2. The number of hydrogen-bond acceptors (Lipinski definition) is 4. The van der Waals surface area contributed by atoms with Crippen molar-refractivity contribution in [2.45, 2.75) is 43.9 Å². The molecule has 10 heteroatoms. The number of carbonyl (C=O) groups is 1. The fraction of sp³-hybridized carbons (Fsp3) is 0.321. The van der Waals surface area contributed by atoms with Crippen LogP contribution in [0.2, 0.25) is 0 Å². The van der Waals surface area contributed by atoms with Gasteiger partial charge in [-0.25, -0.2) is 22.0 Å². The lowest BCUT2D eigenvalue weighted by Gasteiger charge is -2.36. The maximum Gasteiger partial charge on any atom is 0.407 e. The van der Waals surface area contributed by atoms with Crippen LogP contribution in [0.5, 0.6) is 0 Å². The lowest BCUT2D eigenvalue weighted by Crippen LogP contribution is -2.52. The number of nitrogens with zero attached hydrogens (tertiary/aromatic N) is 2. The molecule has 2 N–H and O–H groups in total. The van der Waals surface area contributed by atoms with E-state index >= 15 is 0 Å². The van der Waals surface area contributed by atoms with Crippen molar-refractivity contribution in [3.8, 4) is 0 Å². The Hall–Kier alpha value is -3.34. The Morgan fingerprint density at radius 3 is 1.92 bits per heavy atom. The number of hydrogen-bond donors (Lipinski definition) is 2. The van der Waals surface area contributed by atoms with Gasteiger partial charge in [0.15, 0.2) is 0 Å². The van der Waals surface area contributed by atoms with Crippen LogP contribution in [0.4, 0.5) is 13.6 Å². The second-order valence-electron chi connectivity index (χ2n) is 9.53. The third-order valence-electron chi connectivity index (χ3n) is 6.05. The van der Waals surface area contributed by atoms with Gasteiger partial charge in [0.1, 0.15) is 11.6 Å². The Morgan fingerprint density at radius 2 is 1.39 bits per heavy atom. The first kappa shape index (κ1) is 29.2. The Morgan fingerprint density at radius 1 is 0.842 bits per heavy atom. The first-order chi connectivity index (χ1) is 18.0. The van der Waals surface area contributed by atoms with E-state index in [-0.39, 0.29) is 30.3 Å². The highest BCUT2D eigenvalue weighted by Crippen LogP contribution is 2.22. The molecule has 7 nitrogen and oxygen atoms in total. The number of benzene rings is 3. The van der Waals surface area contributed by atoms with Crippen molar-refractivity contribution in [1.29, 1.82) is 0 Å². The number of halogens is 2. The van der Waals surface area contributed by atoms with E-state index in [9.17, 15) is 32.2 Å². The lowest BCUT2D eigenvalue weighted by molar-refractivity contribution is 0.0337. The molecule has 0 spiro atoms. The van der Waals surface area contributed by atoms with Crippen LogP contribution in [0.1, 0.15) is 25.0 Å². The molecular weight excluding hydrogens is 514 g/mol. The Labute approximate surface area is 222 Å². The van der Waals surface area contributed by atoms with Gasteiger partial charge >= 0.3 is 6.09 Å². The summed E-state index contributed by atoms with van der Waals surface area (Å²) in [5, 5.41) is 21.5. The highest BCUT2D eigenvalue weighted by atomic mass is 32.2. The van der Waals surface area contributed by atoms with Gasteiger partial charge in [-0.05, 0) is 59.9 Å². The average Bonchev–Trinajstić information content (AvgIpc) is 2.87. The number of sulfonamides is 1. The van der Waals surface area contributed by atoms with Gasteiger partial charge in [0.25, 0.3) is 0 Å². The van der Waals surface area contributed by atoms with Gasteiger partial charge in [-0.1, -0.05) is 56.3 Å². The molecule has 1 amide bonds. The van der Waals surface area contributed by atoms with Crippen molar-refractivity contribution < 1.29 is 32.2 Å². The highest BCUT2D eigenvalue weighted by molar-refractivity contribution is 7.89. The molecule has 0 aromatic heterocycles. The second-order valence-corrected chi connectivity index (χ2v) is 11.5. The molecule has 0 fully saturated rings. The quantitative estimate of drug-likeness (QED) is 0.341. The molecule has 38 heavy (non-hydrogen) atoms. The van der Waals surface area contributed by atoms with Crippen molar-refractivity contribution in [3.05, 3.63) is 102 Å². The van der Waals surface area contributed by atoms with Gasteiger partial charge in [0.05, 0.1) is 17.0 Å². The average molecular weight is 547 g/mol. The van der Waals surface area contributed by atoms with E-state index in [4.69, 9.17) is 0 Å². The molecule has 0 aliphatic heterocycles. The molecule has 0 saturated carbocycles. The Kier molecular flexibility index (Phi) is 9.96. The summed E-state index contributed by atoms with van der Waals surface area (Å²) in [5.41, 5.74) is 1.26. The van der Waals surface area contributed by atoms with Gasteiger partial charge < -0.3 is 10.2 Å². The number of aliphatic hydroxyl groups is 1. The summed E-state index contributed by atoms with van der Waals surface area (Å²) in [7, 11) is -4.13. The van der Waals surface area contributed by atoms with E-state index in [0.29, 0.717) is 11.1 Å². The lowest BCUT2D eigenvalue weighted by atomic mass is 9.98. The molecule has 0 bridgehead atoms. The summed E-state index contributed by atoms with van der Waals surface area (Å²) in [6.45, 7) is 3.23. The molecule has 3 aromatic carbocycles. The predicted octanol–water partition coefficient (Wildman–Crippen LogP) is 4.76. The van der Waals surface area contributed by atoms with Gasteiger partial charge in [-0.15, -0.1) is 0 Å². The Bertz CT molecular complexity index is 1290. The van der Waals surface area contributed by atoms with Crippen LogP contribution in [0, 0.1) is 17.6 Å². The molecule has 3 rings (SSSR count). The van der Waals surface area contributed by atoms with Gasteiger partial charge in [0, 0.05) is 19.6 Å². The van der Waals surface area contributed by atoms with Crippen LogP contribution in [0.3, 0.4) is 0 Å². The summed E-state index contributed by atoms with van der Waals surface area (Å²) < 4.78 is 55.0. The van der Waals surface area contributed by atoms with Gasteiger partial charge in [0.2, 0.25) is 10.0 Å². The largest absolute Gasteiger partial charge is 0.465 e. The van der Waals surface area contributed by atoms with E-state index in [1.54, 1.807) is 30.3 Å². The number of amides is 1. The maximum absolute atomic E-state index is 13.5. The summed E-state index contributed by atoms with van der Waals surface area (Å²) in [6.07, 6.45) is -2.71. The van der Waals surface area contributed by atoms with Crippen LogP contribution < -0.4 is 0 Å². The molecule has 0 aliphatic rings. The fourth-order valence-corrected chi connectivity index (χ4v) is 5.81. The van der Waals surface area contributed by atoms with Crippen LogP contribution in [-0.2, 0) is 23.0 Å². The molecule has 2 atom stereocenters. The number of aliphatic hydroxyl groups excluding tert-OH is 1. The minimum Gasteiger partial charge on any atom is -0.465 e. The van der Waals surface area contributed by atoms with Crippen LogP contribution in [-0.4, -0.2) is 59.2 Å².